The number of rotatable bonds is 5. The summed E-state index contributed by atoms with van der Waals surface area (Å²) in [6, 6.07) is 19.3. The third kappa shape index (κ3) is 3.98. The third-order valence-electron chi connectivity index (χ3n) is 6.48. The van der Waals surface area contributed by atoms with Gasteiger partial charge in [0.1, 0.15) is 5.69 Å². The minimum Gasteiger partial charge on any atom is -0.339 e. The Morgan fingerprint density at radius 3 is 2.38 bits per heavy atom. The van der Waals surface area contributed by atoms with Gasteiger partial charge < -0.3 is 9.47 Å². The summed E-state index contributed by atoms with van der Waals surface area (Å²) < 4.78 is 29.8. The molecule has 1 amide bonds. The van der Waals surface area contributed by atoms with Crippen LogP contribution in [0.1, 0.15) is 33.6 Å². The third-order valence-corrected chi connectivity index (χ3v) is 8.37. The molecule has 2 aromatic carbocycles. The van der Waals surface area contributed by atoms with Crippen LogP contribution in [-0.2, 0) is 29.4 Å². The summed E-state index contributed by atoms with van der Waals surface area (Å²) in [5, 5.41) is 0. The van der Waals surface area contributed by atoms with Crippen LogP contribution in [0.25, 0.3) is 0 Å². The van der Waals surface area contributed by atoms with Crippen LogP contribution >= 0.6 is 0 Å². The van der Waals surface area contributed by atoms with Gasteiger partial charge in [-0.3, -0.25) is 4.79 Å². The highest BCUT2D eigenvalue weighted by molar-refractivity contribution is 7.89. The summed E-state index contributed by atoms with van der Waals surface area (Å²) in [7, 11) is -3.55. The van der Waals surface area contributed by atoms with E-state index in [0.717, 1.165) is 30.4 Å². The molecule has 1 aliphatic carbocycles. The second kappa shape index (κ2) is 8.56. The van der Waals surface area contributed by atoms with E-state index in [1.165, 1.54) is 9.87 Å². The predicted octanol–water partition coefficient (Wildman–Crippen LogP) is 3.17. The Labute approximate surface area is 189 Å². The first-order chi connectivity index (χ1) is 15.5. The van der Waals surface area contributed by atoms with E-state index >= 15 is 0 Å². The number of benzene rings is 2. The smallest absolute Gasteiger partial charge is 0.270 e. The van der Waals surface area contributed by atoms with Crippen molar-refractivity contribution >= 4 is 15.9 Å². The highest BCUT2D eigenvalue weighted by Gasteiger charge is 2.31. The number of carbonyl (C=O) groups excluding carboxylic acids is 1. The van der Waals surface area contributed by atoms with Crippen molar-refractivity contribution in [2.75, 3.05) is 26.2 Å². The van der Waals surface area contributed by atoms with Gasteiger partial charge in [-0.05, 0) is 60.2 Å². The monoisotopic (exact) mass is 449 g/mol. The van der Waals surface area contributed by atoms with Crippen molar-refractivity contribution in [3.8, 4) is 0 Å². The van der Waals surface area contributed by atoms with Gasteiger partial charge in [0.05, 0.1) is 4.90 Å². The molecule has 7 heteroatoms. The summed E-state index contributed by atoms with van der Waals surface area (Å²) in [6.45, 7) is 2.02. The van der Waals surface area contributed by atoms with Crippen molar-refractivity contribution in [1.82, 2.24) is 13.8 Å². The van der Waals surface area contributed by atoms with E-state index in [1.807, 2.05) is 65.4 Å². The minimum atomic E-state index is -3.55. The number of amides is 1. The molecule has 0 bridgehead atoms. The van der Waals surface area contributed by atoms with Crippen LogP contribution in [0.5, 0.6) is 0 Å². The van der Waals surface area contributed by atoms with Gasteiger partial charge in [0.2, 0.25) is 10.0 Å². The number of hydrogen-bond donors (Lipinski definition) is 0. The van der Waals surface area contributed by atoms with Gasteiger partial charge in [-0.15, -0.1) is 0 Å². The molecule has 5 rings (SSSR count). The molecule has 3 aromatic rings. The molecule has 2 heterocycles. The number of sulfonamides is 1. The van der Waals surface area contributed by atoms with Crippen molar-refractivity contribution in [3.05, 3.63) is 89.2 Å². The van der Waals surface area contributed by atoms with Crippen LogP contribution in [0, 0.1) is 0 Å². The zero-order valence-corrected chi connectivity index (χ0v) is 18.8. The summed E-state index contributed by atoms with van der Waals surface area (Å²) in [5.41, 5.74) is 4.17. The predicted molar refractivity (Wildman–Crippen MR) is 123 cm³/mol. The molecule has 2 aliphatic rings. The van der Waals surface area contributed by atoms with Gasteiger partial charge in [0, 0.05) is 38.9 Å². The molecular weight excluding hydrogens is 422 g/mol. The molecule has 0 unspecified atom stereocenters. The highest BCUT2D eigenvalue weighted by atomic mass is 32.2. The van der Waals surface area contributed by atoms with Crippen LogP contribution in [0.4, 0.5) is 0 Å². The van der Waals surface area contributed by atoms with Gasteiger partial charge in [-0.1, -0.05) is 36.4 Å². The lowest BCUT2D eigenvalue weighted by Crippen LogP contribution is -2.50. The van der Waals surface area contributed by atoms with Crippen molar-refractivity contribution in [1.29, 1.82) is 0 Å². The van der Waals surface area contributed by atoms with E-state index < -0.39 is 10.0 Å². The normalized spacial score (nSPS) is 16.8. The highest BCUT2D eigenvalue weighted by Crippen LogP contribution is 2.27. The maximum atomic E-state index is 13.2. The Morgan fingerprint density at radius 2 is 1.59 bits per heavy atom. The average Bonchev–Trinajstić information content (AvgIpc) is 3.48. The molecule has 0 radical (unpaired) electrons. The van der Waals surface area contributed by atoms with E-state index in [0.29, 0.717) is 43.3 Å². The Hall–Kier alpha value is -2.90. The molecule has 1 aliphatic heterocycles. The summed E-state index contributed by atoms with van der Waals surface area (Å²) in [6.07, 6.45) is 4.98. The number of piperazine rings is 1. The largest absolute Gasteiger partial charge is 0.339 e. The lowest BCUT2D eigenvalue weighted by Gasteiger charge is -2.34. The first-order valence-electron chi connectivity index (χ1n) is 11.1. The lowest BCUT2D eigenvalue weighted by molar-refractivity contribution is 0.0687. The topological polar surface area (TPSA) is 62.6 Å². The number of aromatic nitrogens is 1. The van der Waals surface area contributed by atoms with Gasteiger partial charge >= 0.3 is 0 Å². The first-order valence-corrected chi connectivity index (χ1v) is 12.6. The molecule has 1 fully saturated rings. The van der Waals surface area contributed by atoms with Crippen LogP contribution in [0.15, 0.2) is 71.8 Å². The molecule has 32 heavy (non-hydrogen) atoms. The zero-order chi connectivity index (χ0) is 22.1. The molecule has 0 N–H and O–H groups in total. The maximum Gasteiger partial charge on any atom is 0.270 e. The minimum absolute atomic E-state index is 0.0551. The fourth-order valence-electron chi connectivity index (χ4n) is 4.68. The van der Waals surface area contributed by atoms with Crippen LogP contribution in [-0.4, -0.2) is 54.3 Å². The second-order valence-corrected chi connectivity index (χ2v) is 10.4. The maximum absolute atomic E-state index is 13.2. The van der Waals surface area contributed by atoms with E-state index in [1.54, 1.807) is 11.0 Å². The van der Waals surface area contributed by atoms with Crippen LogP contribution < -0.4 is 0 Å². The molecule has 0 atom stereocenters. The fraction of sp³-hybridized carbons (Fsp3) is 0.320. The Bertz CT molecular complexity index is 1230. The van der Waals surface area contributed by atoms with Gasteiger partial charge in [0.15, 0.2) is 0 Å². The molecular formula is C25H27N3O3S. The van der Waals surface area contributed by atoms with E-state index in [9.17, 15) is 13.2 Å². The zero-order valence-electron chi connectivity index (χ0n) is 18.0. The van der Waals surface area contributed by atoms with Gasteiger partial charge in [-0.2, -0.15) is 4.31 Å². The summed E-state index contributed by atoms with van der Waals surface area (Å²) in [4.78, 5) is 15.3. The molecule has 1 aromatic heterocycles. The van der Waals surface area contributed by atoms with E-state index in [-0.39, 0.29) is 5.91 Å². The first kappa shape index (κ1) is 21.0. The second-order valence-electron chi connectivity index (χ2n) is 8.49. The number of carbonyl (C=O) groups is 1. The van der Waals surface area contributed by atoms with Crippen molar-refractivity contribution < 1.29 is 13.2 Å². The molecule has 0 saturated carbocycles. The lowest BCUT2D eigenvalue weighted by atomic mass is 10.1. The Balaban J connectivity index is 1.26. The van der Waals surface area contributed by atoms with Crippen molar-refractivity contribution in [2.45, 2.75) is 30.7 Å². The molecule has 166 valence electrons. The average molecular weight is 450 g/mol. The quantitative estimate of drug-likeness (QED) is 0.601. The SMILES string of the molecule is O=C(c1cccn1Cc1ccccc1)N1CCN(S(=O)(=O)c2ccc3c(c2)CCC3)CC1. The molecule has 6 nitrogen and oxygen atoms in total. The number of aryl methyl sites for hydroxylation is 2. The summed E-state index contributed by atoms with van der Waals surface area (Å²) in [5.74, 6) is -0.0551. The summed E-state index contributed by atoms with van der Waals surface area (Å²) >= 11 is 0. The van der Waals surface area contributed by atoms with Gasteiger partial charge in [0.25, 0.3) is 5.91 Å². The Morgan fingerprint density at radius 1 is 0.844 bits per heavy atom. The van der Waals surface area contributed by atoms with Crippen LogP contribution in [0.3, 0.4) is 0 Å². The van der Waals surface area contributed by atoms with E-state index in [4.69, 9.17) is 0 Å². The van der Waals surface area contributed by atoms with Crippen LogP contribution in [0.2, 0.25) is 0 Å². The number of nitrogens with zero attached hydrogens (tertiary/aromatic N) is 3. The van der Waals surface area contributed by atoms with Crippen molar-refractivity contribution in [2.24, 2.45) is 0 Å². The number of fused-ring (bicyclic) bond motifs is 1. The molecule has 1 saturated heterocycles. The number of hydrogen-bond acceptors (Lipinski definition) is 3. The Kier molecular flexibility index (Phi) is 5.61. The standard InChI is InChI=1S/C25H27N3O3S/c29-25(24-10-5-13-27(24)19-20-6-2-1-3-7-20)26-14-16-28(17-15-26)32(30,31)23-12-11-21-8-4-9-22(21)18-23/h1-3,5-7,10-13,18H,4,8-9,14-17,19H2. The van der Waals surface area contributed by atoms with Gasteiger partial charge in [-0.25, -0.2) is 8.42 Å². The fourth-order valence-corrected chi connectivity index (χ4v) is 6.15. The van der Waals surface area contributed by atoms with E-state index in [2.05, 4.69) is 0 Å². The van der Waals surface area contributed by atoms with Crippen molar-refractivity contribution in [3.63, 3.8) is 0 Å². The molecule has 0 spiro atoms.